The number of hydrogen-bond acceptors (Lipinski definition) is 2. The average molecular weight is 258 g/mol. The summed E-state index contributed by atoms with van der Waals surface area (Å²) in [6.45, 7) is 3.51. The quantitative estimate of drug-likeness (QED) is 0.777. The Morgan fingerprint density at radius 1 is 1.21 bits per heavy atom. The molecule has 0 aliphatic carbocycles. The fourth-order valence-electron chi connectivity index (χ4n) is 1.81. The van der Waals surface area contributed by atoms with Gasteiger partial charge in [0.05, 0.1) is 5.56 Å². The third-order valence-electron chi connectivity index (χ3n) is 2.86. The molecule has 0 spiro atoms. The molecule has 98 valence electrons. The average Bonchev–Trinajstić information content (AvgIpc) is 2.37. The molecule has 2 nitrogen and oxygen atoms in total. The van der Waals surface area contributed by atoms with Crippen LogP contribution in [0.5, 0.6) is 5.75 Å². The second-order valence-electron chi connectivity index (χ2n) is 4.44. The van der Waals surface area contributed by atoms with Crippen molar-refractivity contribution in [1.29, 1.82) is 0 Å². The standard InChI is InChI=1S/C16H15FO2/c1-11-7-8-14(12(2)18)16(9-11)19-10-13-5-3-4-6-15(13)17/h3-9H,10H2,1-2H3. The number of halogens is 1. The van der Waals surface area contributed by atoms with Crippen LogP contribution in [0.2, 0.25) is 0 Å². The summed E-state index contributed by atoms with van der Waals surface area (Å²) in [7, 11) is 0. The van der Waals surface area contributed by atoms with Gasteiger partial charge in [-0.25, -0.2) is 4.39 Å². The van der Waals surface area contributed by atoms with E-state index < -0.39 is 0 Å². The van der Waals surface area contributed by atoms with Crippen molar-refractivity contribution in [2.75, 3.05) is 0 Å². The van der Waals surface area contributed by atoms with E-state index in [1.165, 1.54) is 13.0 Å². The Labute approximate surface area is 111 Å². The lowest BCUT2D eigenvalue weighted by atomic mass is 10.1. The van der Waals surface area contributed by atoms with Crippen LogP contribution in [0.3, 0.4) is 0 Å². The van der Waals surface area contributed by atoms with Gasteiger partial charge in [0.1, 0.15) is 18.2 Å². The van der Waals surface area contributed by atoms with E-state index in [2.05, 4.69) is 0 Å². The van der Waals surface area contributed by atoms with Crippen molar-refractivity contribution in [3.8, 4) is 5.75 Å². The van der Waals surface area contributed by atoms with Crippen LogP contribution in [0.4, 0.5) is 4.39 Å². The van der Waals surface area contributed by atoms with Crippen LogP contribution in [0.15, 0.2) is 42.5 Å². The van der Waals surface area contributed by atoms with Crippen LogP contribution in [-0.2, 0) is 6.61 Å². The number of aryl methyl sites for hydroxylation is 1. The van der Waals surface area contributed by atoms with Gasteiger partial charge in [0.25, 0.3) is 0 Å². The Morgan fingerprint density at radius 2 is 1.95 bits per heavy atom. The van der Waals surface area contributed by atoms with Crippen molar-refractivity contribution < 1.29 is 13.9 Å². The van der Waals surface area contributed by atoms with Crippen molar-refractivity contribution in [2.24, 2.45) is 0 Å². The molecule has 0 aromatic heterocycles. The van der Waals surface area contributed by atoms with Crippen LogP contribution in [0.25, 0.3) is 0 Å². The highest BCUT2D eigenvalue weighted by Crippen LogP contribution is 2.22. The summed E-state index contributed by atoms with van der Waals surface area (Å²) in [6.07, 6.45) is 0. The van der Waals surface area contributed by atoms with Gasteiger partial charge in [0.15, 0.2) is 5.78 Å². The number of ketones is 1. The molecule has 0 radical (unpaired) electrons. The molecule has 0 bridgehead atoms. The smallest absolute Gasteiger partial charge is 0.163 e. The van der Waals surface area contributed by atoms with E-state index in [1.54, 1.807) is 30.3 Å². The van der Waals surface area contributed by atoms with Gasteiger partial charge < -0.3 is 4.74 Å². The highest BCUT2D eigenvalue weighted by Gasteiger charge is 2.09. The maximum Gasteiger partial charge on any atom is 0.163 e. The molecule has 0 heterocycles. The second-order valence-corrected chi connectivity index (χ2v) is 4.44. The Kier molecular flexibility index (Phi) is 3.95. The van der Waals surface area contributed by atoms with Gasteiger partial charge in [-0.1, -0.05) is 24.3 Å². The highest BCUT2D eigenvalue weighted by atomic mass is 19.1. The van der Waals surface area contributed by atoms with Gasteiger partial charge in [-0.05, 0) is 37.6 Å². The minimum absolute atomic E-state index is 0.0662. The minimum atomic E-state index is -0.306. The Balaban J connectivity index is 2.22. The van der Waals surface area contributed by atoms with Crippen molar-refractivity contribution in [2.45, 2.75) is 20.5 Å². The van der Waals surface area contributed by atoms with E-state index in [9.17, 15) is 9.18 Å². The Morgan fingerprint density at radius 3 is 2.63 bits per heavy atom. The summed E-state index contributed by atoms with van der Waals surface area (Å²) in [5.41, 5.74) is 1.98. The fourth-order valence-corrected chi connectivity index (χ4v) is 1.81. The highest BCUT2D eigenvalue weighted by molar-refractivity contribution is 5.96. The van der Waals surface area contributed by atoms with Crippen LogP contribution in [0.1, 0.15) is 28.4 Å². The summed E-state index contributed by atoms with van der Waals surface area (Å²) in [5, 5.41) is 0. The van der Waals surface area contributed by atoms with Crippen LogP contribution in [-0.4, -0.2) is 5.78 Å². The second kappa shape index (κ2) is 5.65. The molecule has 0 amide bonds. The molecule has 2 aromatic carbocycles. The number of carbonyl (C=O) groups is 1. The first kappa shape index (κ1) is 13.3. The lowest BCUT2D eigenvalue weighted by Gasteiger charge is -2.11. The zero-order chi connectivity index (χ0) is 13.8. The van der Waals surface area contributed by atoms with E-state index in [0.717, 1.165) is 5.56 Å². The maximum absolute atomic E-state index is 13.5. The minimum Gasteiger partial charge on any atom is -0.488 e. The topological polar surface area (TPSA) is 26.3 Å². The number of carbonyl (C=O) groups excluding carboxylic acids is 1. The molecular formula is C16H15FO2. The zero-order valence-electron chi connectivity index (χ0n) is 10.9. The normalized spacial score (nSPS) is 10.3. The molecule has 0 aliphatic heterocycles. The largest absolute Gasteiger partial charge is 0.488 e. The summed E-state index contributed by atoms with van der Waals surface area (Å²) in [6, 6.07) is 11.8. The van der Waals surface area contributed by atoms with E-state index >= 15 is 0 Å². The molecule has 0 N–H and O–H groups in total. The molecule has 0 unspecified atom stereocenters. The zero-order valence-corrected chi connectivity index (χ0v) is 10.9. The Bertz CT molecular complexity index is 605. The predicted octanol–water partition coefficient (Wildman–Crippen LogP) is 3.92. The molecule has 2 aromatic rings. The lowest BCUT2D eigenvalue weighted by molar-refractivity contribution is 0.101. The molecule has 0 saturated heterocycles. The number of hydrogen-bond donors (Lipinski definition) is 0. The number of ether oxygens (including phenoxy) is 1. The van der Waals surface area contributed by atoms with E-state index in [0.29, 0.717) is 16.9 Å². The van der Waals surface area contributed by atoms with Gasteiger partial charge in [-0.3, -0.25) is 4.79 Å². The molecule has 0 aliphatic rings. The maximum atomic E-state index is 13.5. The summed E-state index contributed by atoms with van der Waals surface area (Å²) in [5.74, 6) is 0.124. The van der Waals surface area contributed by atoms with Crippen LogP contribution in [0, 0.1) is 12.7 Å². The molecule has 0 fully saturated rings. The predicted molar refractivity (Wildman–Crippen MR) is 71.9 cm³/mol. The van der Waals surface area contributed by atoms with Gasteiger partial charge in [0.2, 0.25) is 0 Å². The first-order valence-electron chi connectivity index (χ1n) is 6.05. The first-order valence-corrected chi connectivity index (χ1v) is 6.05. The van der Waals surface area contributed by atoms with Gasteiger partial charge >= 0.3 is 0 Å². The van der Waals surface area contributed by atoms with Crippen molar-refractivity contribution in [1.82, 2.24) is 0 Å². The fraction of sp³-hybridized carbons (Fsp3) is 0.188. The third-order valence-corrected chi connectivity index (χ3v) is 2.86. The molecule has 0 saturated carbocycles. The molecule has 19 heavy (non-hydrogen) atoms. The molecular weight excluding hydrogens is 243 g/mol. The van der Waals surface area contributed by atoms with Gasteiger partial charge in [-0.2, -0.15) is 0 Å². The SMILES string of the molecule is CC(=O)c1ccc(C)cc1OCc1ccccc1F. The third kappa shape index (κ3) is 3.19. The first-order chi connectivity index (χ1) is 9.08. The van der Waals surface area contributed by atoms with Crippen molar-refractivity contribution in [3.63, 3.8) is 0 Å². The molecule has 3 heteroatoms. The number of Topliss-reactive ketones (excluding diaryl/α,β-unsaturated/α-hetero) is 1. The lowest BCUT2D eigenvalue weighted by Crippen LogP contribution is -2.03. The van der Waals surface area contributed by atoms with Crippen molar-refractivity contribution >= 4 is 5.78 Å². The number of benzene rings is 2. The molecule has 0 atom stereocenters. The molecule has 2 rings (SSSR count). The Hall–Kier alpha value is -2.16. The van der Waals surface area contributed by atoms with E-state index in [-0.39, 0.29) is 18.2 Å². The van der Waals surface area contributed by atoms with E-state index in [1.807, 2.05) is 13.0 Å². The number of rotatable bonds is 4. The monoisotopic (exact) mass is 258 g/mol. The van der Waals surface area contributed by atoms with Crippen LogP contribution >= 0.6 is 0 Å². The summed E-state index contributed by atoms with van der Waals surface area (Å²) >= 11 is 0. The van der Waals surface area contributed by atoms with Crippen LogP contribution < -0.4 is 4.74 Å². The summed E-state index contributed by atoms with van der Waals surface area (Å²) in [4.78, 5) is 11.5. The van der Waals surface area contributed by atoms with E-state index in [4.69, 9.17) is 4.74 Å². The van der Waals surface area contributed by atoms with Crippen molar-refractivity contribution in [3.05, 3.63) is 65.0 Å². The van der Waals surface area contributed by atoms with Gasteiger partial charge in [-0.15, -0.1) is 0 Å². The summed E-state index contributed by atoms with van der Waals surface area (Å²) < 4.78 is 19.1. The van der Waals surface area contributed by atoms with Gasteiger partial charge in [0, 0.05) is 5.56 Å².